The lowest BCUT2D eigenvalue weighted by Crippen LogP contribution is -2.38. The molecule has 2 nitrogen and oxygen atoms in total. The Bertz CT molecular complexity index is 381. The summed E-state index contributed by atoms with van der Waals surface area (Å²) >= 11 is 0. The van der Waals surface area contributed by atoms with Gasteiger partial charge in [-0.3, -0.25) is 9.88 Å². The minimum Gasteiger partial charge on any atom is -0.296 e. The van der Waals surface area contributed by atoms with Gasteiger partial charge < -0.3 is 0 Å². The van der Waals surface area contributed by atoms with E-state index < -0.39 is 0 Å². The molecule has 2 heterocycles. The summed E-state index contributed by atoms with van der Waals surface area (Å²) in [4.78, 5) is 7.23. The van der Waals surface area contributed by atoms with Gasteiger partial charge in [0.2, 0.25) is 0 Å². The standard InChI is InChI=1S/C14H20N2.C2H6/c1-11-8-12-10-16(13-4-2-3-5-13)7-6-14(12)15-9-11;1-2/h8-9,13H,2-7,10H2,1H3;1-2H3. The predicted molar refractivity (Wildman–Crippen MR) is 76.7 cm³/mol. The van der Waals surface area contributed by atoms with Crippen molar-refractivity contribution in [3.8, 4) is 0 Å². The summed E-state index contributed by atoms with van der Waals surface area (Å²) < 4.78 is 0. The van der Waals surface area contributed by atoms with Gasteiger partial charge in [-0.05, 0) is 30.9 Å². The van der Waals surface area contributed by atoms with Crippen LogP contribution in [0, 0.1) is 6.92 Å². The van der Waals surface area contributed by atoms with E-state index in [1.54, 1.807) is 0 Å². The molecule has 0 bridgehead atoms. The molecule has 18 heavy (non-hydrogen) atoms. The first-order valence-corrected chi connectivity index (χ1v) is 7.51. The summed E-state index contributed by atoms with van der Waals surface area (Å²) in [7, 11) is 0. The van der Waals surface area contributed by atoms with Gasteiger partial charge in [0.25, 0.3) is 0 Å². The van der Waals surface area contributed by atoms with Gasteiger partial charge in [-0.15, -0.1) is 0 Å². The van der Waals surface area contributed by atoms with Gasteiger partial charge in [0.15, 0.2) is 0 Å². The van der Waals surface area contributed by atoms with Crippen LogP contribution >= 0.6 is 0 Å². The first-order chi connectivity index (χ1) is 8.83. The van der Waals surface area contributed by atoms with Crippen LogP contribution in [0.1, 0.15) is 56.4 Å². The maximum atomic E-state index is 4.55. The van der Waals surface area contributed by atoms with Crippen molar-refractivity contribution >= 4 is 0 Å². The summed E-state index contributed by atoms with van der Waals surface area (Å²) in [5, 5.41) is 0. The molecule has 1 saturated carbocycles. The molecule has 0 atom stereocenters. The van der Waals surface area contributed by atoms with Crippen molar-refractivity contribution < 1.29 is 0 Å². The average Bonchev–Trinajstić information content (AvgIpc) is 2.94. The monoisotopic (exact) mass is 246 g/mol. The molecule has 1 fully saturated rings. The highest BCUT2D eigenvalue weighted by molar-refractivity contribution is 5.26. The zero-order valence-corrected chi connectivity index (χ0v) is 12.1. The summed E-state index contributed by atoms with van der Waals surface area (Å²) in [5.41, 5.74) is 4.10. The van der Waals surface area contributed by atoms with Crippen LogP contribution in [0.2, 0.25) is 0 Å². The molecule has 0 unspecified atom stereocenters. The molecule has 0 aromatic carbocycles. The van der Waals surface area contributed by atoms with Crippen LogP contribution in [0.5, 0.6) is 0 Å². The van der Waals surface area contributed by atoms with Crippen molar-refractivity contribution in [3.63, 3.8) is 0 Å². The van der Waals surface area contributed by atoms with Crippen LogP contribution in [0.25, 0.3) is 0 Å². The van der Waals surface area contributed by atoms with E-state index in [9.17, 15) is 0 Å². The Morgan fingerprint density at radius 2 is 1.94 bits per heavy atom. The molecule has 0 spiro atoms. The SMILES string of the molecule is CC.Cc1cnc2c(c1)CN(C1CCCC1)CC2. The number of rotatable bonds is 1. The molecule has 1 aromatic heterocycles. The lowest BCUT2D eigenvalue weighted by atomic mass is 10.0. The van der Waals surface area contributed by atoms with E-state index in [1.807, 2.05) is 20.0 Å². The van der Waals surface area contributed by atoms with Crippen molar-refractivity contribution in [1.82, 2.24) is 9.88 Å². The molecular weight excluding hydrogens is 220 g/mol. The number of aromatic nitrogens is 1. The number of aryl methyl sites for hydroxylation is 1. The highest BCUT2D eigenvalue weighted by Crippen LogP contribution is 2.28. The van der Waals surface area contributed by atoms with Crippen molar-refractivity contribution in [2.75, 3.05) is 6.54 Å². The summed E-state index contributed by atoms with van der Waals surface area (Å²) in [5.74, 6) is 0. The number of hydrogen-bond acceptors (Lipinski definition) is 2. The Hall–Kier alpha value is -0.890. The van der Waals surface area contributed by atoms with Gasteiger partial charge in [-0.2, -0.15) is 0 Å². The molecule has 3 rings (SSSR count). The van der Waals surface area contributed by atoms with E-state index in [0.717, 1.165) is 19.0 Å². The fourth-order valence-corrected chi connectivity index (χ4v) is 3.15. The van der Waals surface area contributed by atoms with Crippen LogP contribution in [0.15, 0.2) is 12.3 Å². The van der Waals surface area contributed by atoms with Gasteiger partial charge in [0, 0.05) is 37.4 Å². The van der Waals surface area contributed by atoms with Gasteiger partial charge >= 0.3 is 0 Å². The third-order valence-electron chi connectivity index (χ3n) is 4.05. The number of pyridine rings is 1. The third kappa shape index (κ3) is 2.92. The lowest BCUT2D eigenvalue weighted by molar-refractivity contribution is 0.179. The van der Waals surface area contributed by atoms with E-state index >= 15 is 0 Å². The smallest absolute Gasteiger partial charge is 0.0461 e. The van der Waals surface area contributed by atoms with Crippen molar-refractivity contribution in [2.24, 2.45) is 0 Å². The Balaban J connectivity index is 0.000000574. The summed E-state index contributed by atoms with van der Waals surface area (Å²) in [6.07, 6.45) is 8.83. The Morgan fingerprint density at radius 3 is 2.67 bits per heavy atom. The Labute approximate surface area is 111 Å². The largest absolute Gasteiger partial charge is 0.296 e. The normalized spacial score (nSPS) is 20.2. The Kier molecular flexibility index (Phi) is 4.76. The van der Waals surface area contributed by atoms with Crippen LogP contribution in [-0.4, -0.2) is 22.5 Å². The second-order valence-electron chi connectivity index (χ2n) is 5.28. The lowest BCUT2D eigenvalue weighted by Gasteiger charge is -2.33. The van der Waals surface area contributed by atoms with Crippen molar-refractivity contribution in [1.29, 1.82) is 0 Å². The fourth-order valence-electron chi connectivity index (χ4n) is 3.15. The summed E-state index contributed by atoms with van der Waals surface area (Å²) in [6, 6.07) is 3.18. The molecule has 1 aromatic rings. The number of hydrogen-bond donors (Lipinski definition) is 0. The van der Waals surface area contributed by atoms with Crippen LogP contribution in [0.4, 0.5) is 0 Å². The molecule has 0 saturated heterocycles. The number of nitrogens with zero attached hydrogens (tertiary/aromatic N) is 2. The van der Waals surface area contributed by atoms with E-state index in [2.05, 4.69) is 22.9 Å². The second-order valence-corrected chi connectivity index (χ2v) is 5.28. The molecule has 0 N–H and O–H groups in total. The van der Waals surface area contributed by atoms with Crippen LogP contribution in [0.3, 0.4) is 0 Å². The molecule has 2 aliphatic rings. The van der Waals surface area contributed by atoms with Crippen LogP contribution < -0.4 is 0 Å². The average molecular weight is 246 g/mol. The van der Waals surface area contributed by atoms with Gasteiger partial charge in [-0.1, -0.05) is 32.8 Å². The quantitative estimate of drug-likeness (QED) is 0.751. The van der Waals surface area contributed by atoms with E-state index in [-0.39, 0.29) is 0 Å². The zero-order valence-electron chi connectivity index (χ0n) is 12.1. The maximum Gasteiger partial charge on any atom is 0.0461 e. The topological polar surface area (TPSA) is 16.1 Å². The first kappa shape index (κ1) is 13.5. The van der Waals surface area contributed by atoms with Crippen molar-refractivity contribution in [2.45, 2.75) is 65.5 Å². The second kappa shape index (κ2) is 6.33. The third-order valence-corrected chi connectivity index (χ3v) is 4.05. The zero-order chi connectivity index (χ0) is 13.0. The van der Waals surface area contributed by atoms with Gasteiger partial charge in [0.05, 0.1) is 0 Å². The van der Waals surface area contributed by atoms with Gasteiger partial charge in [-0.25, -0.2) is 0 Å². The maximum absolute atomic E-state index is 4.55. The predicted octanol–water partition coefficient (Wildman–Crippen LogP) is 3.72. The molecule has 0 amide bonds. The van der Waals surface area contributed by atoms with Crippen molar-refractivity contribution in [3.05, 3.63) is 29.1 Å². The highest BCUT2D eigenvalue weighted by atomic mass is 15.2. The first-order valence-electron chi connectivity index (χ1n) is 7.51. The van der Waals surface area contributed by atoms with E-state index in [0.29, 0.717) is 0 Å². The summed E-state index contributed by atoms with van der Waals surface area (Å²) in [6.45, 7) is 8.49. The van der Waals surface area contributed by atoms with E-state index in [4.69, 9.17) is 0 Å². The minimum absolute atomic E-state index is 0.855. The number of fused-ring (bicyclic) bond motifs is 1. The molecule has 1 aliphatic carbocycles. The molecule has 1 aliphatic heterocycles. The van der Waals surface area contributed by atoms with E-state index in [1.165, 1.54) is 49.0 Å². The van der Waals surface area contributed by atoms with Crippen LogP contribution in [-0.2, 0) is 13.0 Å². The van der Waals surface area contributed by atoms with Gasteiger partial charge in [0.1, 0.15) is 0 Å². The molecule has 2 heteroatoms. The molecule has 100 valence electrons. The Morgan fingerprint density at radius 1 is 1.22 bits per heavy atom. The highest BCUT2D eigenvalue weighted by Gasteiger charge is 2.26. The molecule has 0 radical (unpaired) electrons. The molecular formula is C16H26N2. The minimum atomic E-state index is 0.855. The fraction of sp³-hybridized carbons (Fsp3) is 0.688.